The predicted molar refractivity (Wildman–Crippen MR) is 128 cm³/mol. The van der Waals surface area contributed by atoms with Crippen LogP contribution in [-0.2, 0) is 0 Å². The fraction of sp³-hybridized carbons (Fsp3) is 0.0769. The second-order valence-corrected chi connectivity index (χ2v) is 14.2. The molecule has 0 atom stereocenters. The van der Waals surface area contributed by atoms with Gasteiger partial charge in [0.15, 0.2) is 0 Å². The molecule has 0 saturated carbocycles. The topological polar surface area (TPSA) is 0 Å². The summed E-state index contributed by atoms with van der Waals surface area (Å²) in [6.45, 7) is 4.91. The molecule has 4 aromatic carbocycles. The lowest BCUT2D eigenvalue weighted by atomic mass is 10.3. The zero-order valence-electron chi connectivity index (χ0n) is 16.4. The Morgan fingerprint density at radius 1 is 0.464 bits per heavy atom. The fourth-order valence-corrected chi connectivity index (χ4v) is 8.50. The summed E-state index contributed by atoms with van der Waals surface area (Å²) in [6, 6.07) is 42.3. The van der Waals surface area contributed by atoms with Gasteiger partial charge in [0, 0.05) is 0 Å². The average Bonchev–Trinajstić information content (AvgIpc) is 2.76. The largest absolute Gasteiger partial charge is 0.112 e. The van der Waals surface area contributed by atoms with E-state index < -0.39 is 16.0 Å². The highest BCUT2D eigenvalue weighted by Crippen LogP contribution is 2.32. The zero-order chi connectivity index (χ0) is 19.4. The summed E-state index contributed by atoms with van der Waals surface area (Å²) in [5.41, 5.74) is 0. The van der Waals surface area contributed by atoms with Gasteiger partial charge in [0.2, 0.25) is 0 Å². The molecule has 0 heterocycles. The third-order valence-corrected chi connectivity index (χ3v) is 11.3. The van der Waals surface area contributed by atoms with Crippen molar-refractivity contribution < 1.29 is 0 Å². The van der Waals surface area contributed by atoms with Gasteiger partial charge in [-0.1, -0.05) is 139 Å². The highest BCUT2D eigenvalue weighted by molar-refractivity contribution is 7.79. The first-order chi connectivity index (χ1) is 13.7. The van der Waals surface area contributed by atoms with E-state index in [1.54, 1.807) is 0 Å². The Hall–Kier alpha value is -2.47. The van der Waals surface area contributed by atoms with Gasteiger partial charge >= 0.3 is 0 Å². The Morgan fingerprint density at radius 2 is 0.893 bits per heavy atom. The molecule has 4 aromatic rings. The molecule has 0 nitrogen and oxygen atoms in total. The quantitative estimate of drug-likeness (QED) is 0.349. The van der Waals surface area contributed by atoms with Crippen molar-refractivity contribution in [2.24, 2.45) is 0 Å². The summed E-state index contributed by atoms with van der Waals surface area (Å²) in [6.07, 6.45) is 0. The van der Waals surface area contributed by atoms with Gasteiger partial charge in [0.1, 0.15) is 8.07 Å². The van der Waals surface area contributed by atoms with Gasteiger partial charge in [-0.15, -0.1) is 0 Å². The lowest BCUT2D eigenvalue weighted by molar-refractivity contribution is 1.68. The van der Waals surface area contributed by atoms with Gasteiger partial charge in [-0.2, -0.15) is 0 Å². The first-order valence-electron chi connectivity index (χ1n) is 9.72. The first kappa shape index (κ1) is 18.9. The normalized spacial score (nSPS) is 11.5. The molecule has 0 aromatic heterocycles. The average molecular weight is 397 g/mol. The predicted octanol–water partition coefficient (Wildman–Crippen LogP) is 4.27. The Labute approximate surface area is 170 Å². The molecule has 0 fully saturated rings. The minimum Gasteiger partial charge on any atom is -0.0626 e. The van der Waals surface area contributed by atoms with Crippen LogP contribution in [0.25, 0.3) is 0 Å². The molecular formula is C26H25PSi. The highest BCUT2D eigenvalue weighted by Gasteiger charge is 2.27. The van der Waals surface area contributed by atoms with Gasteiger partial charge in [-0.05, 0) is 23.8 Å². The molecule has 0 unspecified atom stereocenters. The highest BCUT2D eigenvalue weighted by atomic mass is 31.1. The van der Waals surface area contributed by atoms with Crippen molar-refractivity contribution in [2.75, 3.05) is 0 Å². The van der Waals surface area contributed by atoms with Crippen molar-refractivity contribution in [3.63, 3.8) is 0 Å². The minimum atomic E-state index is -1.72. The Balaban J connectivity index is 1.82. The van der Waals surface area contributed by atoms with E-state index in [1.165, 1.54) is 26.3 Å². The molecule has 138 valence electrons. The summed E-state index contributed by atoms with van der Waals surface area (Å²) in [7, 11) is -2.28. The molecule has 0 aliphatic carbocycles. The molecule has 0 bridgehead atoms. The van der Waals surface area contributed by atoms with Crippen LogP contribution in [0, 0.1) is 0 Å². The van der Waals surface area contributed by atoms with Crippen LogP contribution in [0.5, 0.6) is 0 Å². The maximum atomic E-state index is 2.48. The van der Waals surface area contributed by atoms with Crippen LogP contribution in [0.3, 0.4) is 0 Å². The van der Waals surface area contributed by atoms with E-state index in [2.05, 4.69) is 128 Å². The number of hydrogen-bond donors (Lipinski definition) is 0. The summed E-state index contributed by atoms with van der Waals surface area (Å²) < 4.78 is 0. The molecule has 2 heteroatoms. The van der Waals surface area contributed by atoms with Gasteiger partial charge in [-0.3, -0.25) is 0 Å². The maximum absolute atomic E-state index is 2.48. The van der Waals surface area contributed by atoms with E-state index in [0.29, 0.717) is 0 Å². The molecule has 0 aliphatic rings. The Kier molecular flexibility index (Phi) is 5.57. The number of hydrogen-bond acceptors (Lipinski definition) is 0. The molecule has 0 aliphatic heterocycles. The molecule has 0 N–H and O–H groups in total. The maximum Gasteiger partial charge on any atom is 0.112 e. The monoisotopic (exact) mass is 396 g/mol. The fourth-order valence-electron chi connectivity index (χ4n) is 3.66. The SMILES string of the molecule is C[Si](C)(c1ccccc1)c1cccc(P(c2ccccc2)c2ccccc2)c1. The molecule has 28 heavy (non-hydrogen) atoms. The van der Waals surface area contributed by atoms with Crippen LogP contribution in [-0.4, -0.2) is 8.07 Å². The van der Waals surface area contributed by atoms with Gasteiger partial charge in [0.05, 0.1) is 0 Å². The van der Waals surface area contributed by atoms with Crippen molar-refractivity contribution >= 4 is 42.3 Å². The van der Waals surface area contributed by atoms with E-state index in [1.807, 2.05) is 0 Å². The van der Waals surface area contributed by atoms with Crippen molar-refractivity contribution in [3.05, 3.63) is 115 Å². The number of benzene rings is 4. The summed E-state index contributed by atoms with van der Waals surface area (Å²) in [4.78, 5) is 0. The van der Waals surface area contributed by atoms with Gasteiger partial charge in [-0.25, -0.2) is 0 Å². The van der Waals surface area contributed by atoms with E-state index in [0.717, 1.165) is 0 Å². The smallest absolute Gasteiger partial charge is 0.0626 e. The van der Waals surface area contributed by atoms with Gasteiger partial charge in [0.25, 0.3) is 0 Å². The second-order valence-electron chi connectivity index (χ2n) is 7.55. The number of rotatable bonds is 5. The van der Waals surface area contributed by atoms with Gasteiger partial charge < -0.3 is 0 Å². The van der Waals surface area contributed by atoms with Crippen LogP contribution in [0.2, 0.25) is 13.1 Å². The van der Waals surface area contributed by atoms with Crippen molar-refractivity contribution in [2.45, 2.75) is 13.1 Å². The molecule has 4 rings (SSSR count). The van der Waals surface area contributed by atoms with Crippen molar-refractivity contribution in [1.29, 1.82) is 0 Å². The lowest BCUT2D eigenvalue weighted by Crippen LogP contribution is -2.53. The molecule has 0 radical (unpaired) electrons. The van der Waals surface area contributed by atoms with Crippen molar-refractivity contribution in [3.8, 4) is 0 Å². The molecular weight excluding hydrogens is 371 g/mol. The Bertz CT molecular complexity index is 988. The van der Waals surface area contributed by atoms with Crippen LogP contribution >= 0.6 is 7.92 Å². The summed E-state index contributed by atoms with van der Waals surface area (Å²) >= 11 is 0. The standard InChI is InChI=1S/C26H25PSi/c1-28(2,25-18-10-5-11-19-25)26-20-12-17-24(21-26)27(22-13-6-3-7-14-22)23-15-8-4-9-16-23/h3-21H,1-2H3. The van der Waals surface area contributed by atoms with Crippen LogP contribution < -0.4 is 26.3 Å². The summed E-state index contributed by atoms with van der Waals surface area (Å²) in [5.74, 6) is 0. The minimum absolute atomic E-state index is 0.556. The van der Waals surface area contributed by atoms with Crippen LogP contribution in [0.4, 0.5) is 0 Å². The lowest BCUT2D eigenvalue weighted by Gasteiger charge is -2.26. The van der Waals surface area contributed by atoms with E-state index in [9.17, 15) is 0 Å². The van der Waals surface area contributed by atoms with E-state index in [-0.39, 0.29) is 0 Å². The van der Waals surface area contributed by atoms with E-state index >= 15 is 0 Å². The second kappa shape index (κ2) is 8.27. The van der Waals surface area contributed by atoms with E-state index in [4.69, 9.17) is 0 Å². The zero-order valence-corrected chi connectivity index (χ0v) is 18.3. The Morgan fingerprint density at radius 3 is 1.43 bits per heavy atom. The summed E-state index contributed by atoms with van der Waals surface area (Å²) in [5, 5.41) is 7.22. The third kappa shape index (κ3) is 3.87. The molecule has 0 spiro atoms. The molecule has 0 amide bonds. The van der Waals surface area contributed by atoms with Crippen molar-refractivity contribution in [1.82, 2.24) is 0 Å². The van der Waals surface area contributed by atoms with Crippen LogP contribution in [0.15, 0.2) is 115 Å². The third-order valence-electron chi connectivity index (χ3n) is 5.35. The van der Waals surface area contributed by atoms with Crippen LogP contribution in [0.1, 0.15) is 0 Å². The first-order valence-corrected chi connectivity index (χ1v) is 14.1. The molecule has 0 saturated heterocycles.